The first-order chi connectivity index (χ1) is 11.3. The molecule has 6 nitrogen and oxygen atoms in total. The number of carbonyl (C=O) groups excluding carboxylic acids is 1. The number of ether oxygens (including phenoxy) is 1. The van der Waals surface area contributed by atoms with E-state index in [2.05, 4.69) is 20.2 Å². The Kier molecular flexibility index (Phi) is 5.19. The van der Waals surface area contributed by atoms with E-state index in [1.807, 2.05) is 10.4 Å². The lowest BCUT2D eigenvalue weighted by Crippen LogP contribution is -2.35. The molecule has 0 saturated carbocycles. The van der Waals surface area contributed by atoms with Crippen molar-refractivity contribution in [3.05, 3.63) is 40.5 Å². The van der Waals surface area contributed by atoms with Gasteiger partial charge in [0, 0.05) is 50.4 Å². The molecule has 23 heavy (non-hydrogen) atoms. The Morgan fingerprint density at radius 3 is 2.87 bits per heavy atom. The highest BCUT2D eigenvalue weighted by Gasteiger charge is 2.21. The lowest BCUT2D eigenvalue weighted by Gasteiger charge is -2.21. The van der Waals surface area contributed by atoms with Crippen molar-refractivity contribution in [3.8, 4) is 5.88 Å². The Morgan fingerprint density at radius 2 is 2.17 bits per heavy atom. The number of pyridine rings is 1. The summed E-state index contributed by atoms with van der Waals surface area (Å²) in [6, 6.07) is 3.49. The van der Waals surface area contributed by atoms with Gasteiger partial charge in [0.15, 0.2) is 0 Å². The van der Waals surface area contributed by atoms with Crippen LogP contribution in [0.4, 0.5) is 0 Å². The summed E-state index contributed by atoms with van der Waals surface area (Å²) >= 11 is 1.62. The molecular weight excluding hydrogens is 312 g/mol. The van der Waals surface area contributed by atoms with Gasteiger partial charge in [-0.1, -0.05) is 0 Å². The molecule has 1 fully saturated rings. The van der Waals surface area contributed by atoms with E-state index in [9.17, 15) is 4.79 Å². The van der Waals surface area contributed by atoms with Crippen LogP contribution in [0.5, 0.6) is 5.88 Å². The van der Waals surface area contributed by atoms with Crippen molar-refractivity contribution in [1.82, 2.24) is 19.8 Å². The van der Waals surface area contributed by atoms with Crippen LogP contribution in [-0.4, -0.2) is 59.0 Å². The van der Waals surface area contributed by atoms with Crippen LogP contribution in [0, 0.1) is 0 Å². The molecule has 3 rings (SSSR count). The van der Waals surface area contributed by atoms with E-state index in [1.165, 1.54) is 0 Å². The second-order valence-corrected chi connectivity index (χ2v) is 6.21. The summed E-state index contributed by atoms with van der Waals surface area (Å²) in [5, 5.41) is 2.08. The third kappa shape index (κ3) is 4.05. The minimum atomic E-state index is 0.0376. The smallest absolute Gasteiger partial charge is 0.255 e. The third-order valence-electron chi connectivity index (χ3n) is 3.94. The van der Waals surface area contributed by atoms with Gasteiger partial charge in [0.1, 0.15) is 0 Å². The Bertz CT molecular complexity index is 630. The van der Waals surface area contributed by atoms with Crippen molar-refractivity contribution >= 4 is 17.2 Å². The summed E-state index contributed by atoms with van der Waals surface area (Å²) in [6.45, 7) is 4.22. The summed E-state index contributed by atoms with van der Waals surface area (Å²) in [6.07, 6.45) is 2.55. The number of rotatable bonds is 4. The molecule has 1 aliphatic heterocycles. The van der Waals surface area contributed by atoms with Gasteiger partial charge in [-0.15, -0.1) is 11.3 Å². The number of hydrogen-bond acceptors (Lipinski definition) is 6. The maximum atomic E-state index is 12.6. The van der Waals surface area contributed by atoms with E-state index in [0.29, 0.717) is 11.4 Å². The lowest BCUT2D eigenvalue weighted by atomic mass is 10.2. The van der Waals surface area contributed by atoms with Crippen LogP contribution in [0.15, 0.2) is 29.2 Å². The van der Waals surface area contributed by atoms with Crippen LogP contribution in [-0.2, 0) is 6.54 Å². The minimum absolute atomic E-state index is 0.0376. The van der Waals surface area contributed by atoms with Gasteiger partial charge in [0.25, 0.3) is 5.91 Å². The number of aromatic nitrogens is 2. The molecule has 2 aromatic heterocycles. The number of hydrogen-bond donors (Lipinski definition) is 0. The Balaban J connectivity index is 1.59. The number of carbonyl (C=O) groups is 1. The van der Waals surface area contributed by atoms with Gasteiger partial charge < -0.3 is 9.64 Å². The molecule has 0 spiro atoms. The fraction of sp³-hybridized carbons (Fsp3) is 0.438. The summed E-state index contributed by atoms with van der Waals surface area (Å²) < 4.78 is 5.03. The third-order valence-corrected chi connectivity index (χ3v) is 4.57. The molecule has 122 valence electrons. The summed E-state index contributed by atoms with van der Waals surface area (Å²) in [7, 11) is 1.57. The minimum Gasteiger partial charge on any atom is -0.481 e. The normalized spacial score (nSPS) is 16.1. The molecule has 0 N–H and O–H groups in total. The van der Waals surface area contributed by atoms with Crippen LogP contribution < -0.4 is 4.74 Å². The van der Waals surface area contributed by atoms with Crippen molar-refractivity contribution in [2.45, 2.75) is 13.0 Å². The first kappa shape index (κ1) is 15.9. The fourth-order valence-electron chi connectivity index (χ4n) is 2.69. The molecular formula is C16H20N4O2S. The zero-order valence-electron chi connectivity index (χ0n) is 13.1. The zero-order valence-corrected chi connectivity index (χ0v) is 14.0. The summed E-state index contributed by atoms with van der Waals surface area (Å²) in [4.78, 5) is 25.3. The predicted octanol–water partition coefficient (Wildman–Crippen LogP) is 1.89. The number of nitrogens with zero attached hydrogens (tertiary/aromatic N) is 4. The van der Waals surface area contributed by atoms with Gasteiger partial charge in [-0.2, -0.15) is 0 Å². The second kappa shape index (κ2) is 7.52. The van der Waals surface area contributed by atoms with E-state index >= 15 is 0 Å². The molecule has 2 aromatic rings. The van der Waals surface area contributed by atoms with E-state index in [4.69, 9.17) is 4.74 Å². The molecule has 0 atom stereocenters. The van der Waals surface area contributed by atoms with Crippen LogP contribution >= 0.6 is 11.3 Å². The molecule has 7 heteroatoms. The van der Waals surface area contributed by atoms with Crippen LogP contribution in [0.1, 0.15) is 22.5 Å². The molecule has 1 amide bonds. The predicted molar refractivity (Wildman–Crippen MR) is 88.7 cm³/mol. The van der Waals surface area contributed by atoms with Crippen LogP contribution in [0.25, 0.3) is 0 Å². The summed E-state index contributed by atoms with van der Waals surface area (Å²) in [5.41, 5.74) is 3.58. The number of amides is 1. The maximum absolute atomic E-state index is 12.6. The number of thiazole rings is 1. The molecule has 3 heterocycles. The Morgan fingerprint density at radius 1 is 1.26 bits per heavy atom. The zero-order chi connectivity index (χ0) is 16.1. The molecule has 0 radical (unpaired) electrons. The highest BCUT2D eigenvalue weighted by atomic mass is 32.1. The number of methoxy groups -OCH3 is 1. The molecule has 1 aliphatic rings. The van der Waals surface area contributed by atoms with Gasteiger partial charge >= 0.3 is 0 Å². The molecule has 0 unspecified atom stereocenters. The Labute approximate surface area is 139 Å². The van der Waals surface area contributed by atoms with Crippen molar-refractivity contribution in [2.75, 3.05) is 33.3 Å². The van der Waals surface area contributed by atoms with E-state index in [-0.39, 0.29) is 5.91 Å². The van der Waals surface area contributed by atoms with Gasteiger partial charge in [0.05, 0.1) is 23.9 Å². The van der Waals surface area contributed by atoms with Gasteiger partial charge in [-0.25, -0.2) is 9.97 Å². The fourth-order valence-corrected chi connectivity index (χ4v) is 3.24. The van der Waals surface area contributed by atoms with Gasteiger partial charge in [0.2, 0.25) is 5.88 Å². The standard InChI is InChI=1S/C16H20N4O2S/c1-22-15-4-3-13(9-17-15)16(21)20-6-2-5-19(7-8-20)10-14-11-23-12-18-14/h3-4,9,11-12H,2,5-8,10H2,1H3. The van der Waals surface area contributed by atoms with Crippen molar-refractivity contribution < 1.29 is 9.53 Å². The molecule has 1 saturated heterocycles. The van der Waals surface area contributed by atoms with Crippen LogP contribution in [0.2, 0.25) is 0 Å². The highest BCUT2D eigenvalue weighted by molar-refractivity contribution is 7.07. The van der Waals surface area contributed by atoms with Gasteiger partial charge in [-0.3, -0.25) is 9.69 Å². The Hall–Kier alpha value is -1.99. The largest absolute Gasteiger partial charge is 0.481 e. The molecule has 0 bridgehead atoms. The van der Waals surface area contributed by atoms with E-state index in [1.54, 1.807) is 36.8 Å². The highest BCUT2D eigenvalue weighted by Crippen LogP contribution is 2.13. The van der Waals surface area contributed by atoms with E-state index < -0.39 is 0 Å². The van der Waals surface area contributed by atoms with Crippen LogP contribution in [0.3, 0.4) is 0 Å². The maximum Gasteiger partial charge on any atom is 0.255 e. The molecule has 0 aromatic carbocycles. The monoisotopic (exact) mass is 332 g/mol. The second-order valence-electron chi connectivity index (χ2n) is 5.49. The quantitative estimate of drug-likeness (QED) is 0.856. The first-order valence-corrected chi connectivity index (χ1v) is 8.59. The SMILES string of the molecule is COc1ccc(C(=O)N2CCCN(Cc3cscn3)CC2)cn1. The van der Waals surface area contributed by atoms with Crippen molar-refractivity contribution in [2.24, 2.45) is 0 Å². The summed E-state index contributed by atoms with van der Waals surface area (Å²) in [5.74, 6) is 0.558. The average molecular weight is 332 g/mol. The van der Waals surface area contributed by atoms with Gasteiger partial charge in [-0.05, 0) is 12.5 Å². The average Bonchev–Trinajstić information content (AvgIpc) is 2.99. The molecule has 0 aliphatic carbocycles. The van der Waals surface area contributed by atoms with E-state index in [0.717, 1.165) is 44.8 Å². The topological polar surface area (TPSA) is 58.6 Å². The first-order valence-electron chi connectivity index (χ1n) is 7.65. The van der Waals surface area contributed by atoms with Crippen molar-refractivity contribution in [1.29, 1.82) is 0 Å². The van der Waals surface area contributed by atoms with Crippen molar-refractivity contribution in [3.63, 3.8) is 0 Å². The lowest BCUT2D eigenvalue weighted by molar-refractivity contribution is 0.0760.